The van der Waals surface area contributed by atoms with Crippen molar-refractivity contribution in [3.05, 3.63) is 66.3 Å². The molecule has 3 aromatic rings. The maximum atomic E-state index is 13.9. The van der Waals surface area contributed by atoms with Crippen molar-refractivity contribution in [2.75, 3.05) is 26.2 Å². The number of piperazine rings is 1. The average molecular weight is 402 g/mol. The van der Waals surface area contributed by atoms with Gasteiger partial charge in [0.25, 0.3) is 0 Å². The third-order valence-corrected chi connectivity index (χ3v) is 6.56. The molecule has 1 aliphatic rings. The fourth-order valence-corrected chi connectivity index (χ4v) is 4.61. The van der Waals surface area contributed by atoms with Crippen molar-refractivity contribution < 1.29 is 17.2 Å². The molecular formula is C19H19FN4O3S. The van der Waals surface area contributed by atoms with Gasteiger partial charge in [0, 0.05) is 31.7 Å². The zero-order chi connectivity index (χ0) is 19.6. The Bertz CT molecular complexity index is 1050. The van der Waals surface area contributed by atoms with Crippen LogP contribution in [0.15, 0.2) is 63.9 Å². The van der Waals surface area contributed by atoms with Crippen molar-refractivity contribution in [3.8, 4) is 11.5 Å². The van der Waals surface area contributed by atoms with E-state index in [2.05, 4.69) is 10.2 Å². The Morgan fingerprint density at radius 2 is 1.61 bits per heavy atom. The topological polar surface area (TPSA) is 79.5 Å². The predicted octanol–water partition coefficient (Wildman–Crippen LogP) is 2.38. The SMILES string of the molecule is O=S(=O)(c1ccccc1F)N1CCN(Cc2nnc(-c3ccccc3)o2)CC1. The van der Waals surface area contributed by atoms with Gasteiger partial charge >= 0.3 is 0 Å². The third kappa shape index (κ3) is 3.82. The third-order valence-electron chi connectivity index (χ3n) is 4.63. The summed E-state index contributed by atoms with van der Waals surface area (Å²) in [6.45, 7) is 1.98. The molecule has 0 saturated carbocycles. The number of nitrogens with zero attached hydrogens (tertiary/aromatic N) is 4. The molecular weight excluding hydrogens is 383 g/mol. The summed E-state index contributed by atoms with van der Waals surface area (Å²) >= 11 is 0. The van der Waals surface area contributed by atoms with Gasteiger partial charge < -0.3 is 4.42 Å². The Kier molecular flexibility index (Phi) is 5.21. The van der Waals surface area contributed by atoms with Gasteiger partial charge in [0.2, 0.25) is 21.8 Å². The van der Waals surface area contributed by atoms with Crippen LogP contribution in [0.1, 0.15) is 5.89 Å². The number of halogens is 1. The smallest absolute Gasteiger partial charge is 0.247 e. The Balaban J connectivity index is 1.39. The quantitative estimate of drug-likeness (QED) is 0.652. The molecule has 1 aliphatic heterocycles. The van der Waals surface area contributed by atoms with Crippen LogP contribution >= 0.6 is 0 Å². The standard InChI is InChI=1S/C19H19FN4O3S/c20-16-8-4-5-9-17(16)28(25,26)24-12-10-23(11-13-24)14-18-21-22-19(27-18)15-6-2-1-3-7-15/h1-9H,10-14H2. The first-order chi connectivity index (χ1) is 13.5. The van der Waals surface area contributed by atoms with E-state index in [0.29, 0.717) is 31.4 Å². The van der Waals surface area contributed by atoms with Gasteiger partial charge in [0.15, 0.2) is 0 Å². The predicted molar refractivity (Wildman–Crippen MR) is 100 cm³/mol. The molecule has 2 aromatic carbocycles. The lowest BCUT2D eigenvalue weighted by atomic mass is 10.2. The van der Waals surface area contributed by atoms with E-state index >= 15 is 0 Å². The molecule has 0 unspecified atom stereocenters. The Hall–Kier alpha value is -2.62. The number of aromatic nitrogens is 2. The average Bonchev–Trinajstić information content (AvgIpc) is 3.18. The highest BCUT2D eigenvalue weighted by Gasteiger charge is 2.30. The minimum atomic E-state index is -3.84. The van der Waals surface area contributed by atoms with Crippen LogP contribution in [0.4, 0.5) is 4.39 Å². The van der Waals surface area contributed by atoms with E-state index in [0.717, 1.165) is 11.6 Å². The summed E-state index contributed by atoms with van der Waals surface area (Å²) in [5.41, 5.74) is 0.849. The van der Waals surface area contributed by atoms with Gasteiger partial charge in [-0.15, -0.1) is 10.2 Å². The van der Waals surface area contributed by atoms with Crippen LogP contribution < -0.4 is 0 Å². The first-order valence-corrected chi connectivity index (χ1v) is 10.3. The van der Waals surface area contributed by atoms with Crippen LogP contribution in [0.25, 0.3) is 11.5 Å². The molecule has 146 valence electrons. The maximum Gasteiger partial charge on any atom is 0.247 e. The van der Waals surface area contributed by atoms with Crippen LogP contribution in [0.2, 0.25) is 0 Å². The van der Waals surface area contributed by atoms with Crippen LogP contribution in [-0.4, -0.2) is 54.0 Å². The lowest BCUT2D eigenvalue weighted by Gasteiger charge is -2.33. The largest absolute Gasteiger partial charge is 0.419 e. The molecule has 0 spiro atoms. The van der Waals surface area contributed by atoms with E-state index in [1.807, 2.05) is 35.2 Å². The van der Waals surface area contributed by atoms with Gasteiger partial charge in [-0.2, -0.15) is 4.31 Å². The number of benzene rings is 2. The number of hydrogen-bond acceptors (Lipinski definition) is 6. The minimum Gasteiger partial charge on any atom is -0.419 e. The summed E-state index contributed by atoms with van der Waals surface area (Å²) in [5.74, 6) is 0.199. The molecule has 9 heteroatoms. The van der Waals surface area contributed by atoms with Gasteiger partial charge in [-0.3, -0.25) is 4.90 Å². The Labute approximate surface area is 162 Å². The minimum absolute atomic E-state index is 0.274. The van der Waals surface area contributed by atoms with Crippen LogP contribution in [0.5, 0.6) is 0 Å². The normalized spacial score (nSPS) is 16.3. The monoisotopic (exact) mass is 402 g/mol. The molecule has 0 amide bonds. The van der Waals surface area contributed by atoms with Crippen molar-refractivity contribution in [2.24, 2.45) is 0 Å². The van der Waals surface area contributed by atoms with Gasteiger partial charge in [-0.05, 0) is 24.3 Å². The zero-order valence-electron chi connectivity index (χ0n) is 15.0. The van der Waals surface area contributed by atoms with E-state index < -0.39 is 15.8 Å². The van der Waals surface area contributed by atoms with Crippen molar-refractivity contribution in [1.82, 2.24) is 19.4 Å². The molecule has 4 rings (SSSR count). The van der Waals surface area contributed by atoms with E-state index in [1.54, 1.807) is 0 Å². The second kappa shape index (κ2) is 7.78. The maximum absolute atomic E-state index is 13.9. The number of rotatable bonds is 5. The molecule has 0 aliphatic carbocycles. The Morgan fingerprint density at radius 1 is 0.929 bits per heavy atom. The molecule has 1 saturated heterocycles. The van der Waals surface area contributed by atoms with Crippen molar-refractivity contribution in [3.63, 3.8) is 0 Å². The highest BCUT2D eigenvalue weighted by molar-refractivity contribution is 7.89. The summed E-state index contributed by atoms with van der Waals surface area (Å²) in [6.07, 6.45) is 0. The van der Waals surface area contributed by atoms with Gasteiger partial charge in [-0.1, -0.05) is 30.3 Å². The molecule has 0 atom stereocenters. The van der Waals surface area contributed by atoms with E-state index in [-0.39, 0.29) is 18.0 Å². The first-order valence-electron chi connectivity index (χ1n) is 8.89. The summed E-state index contributed by atoms with van der Waals surface area (Å²) in [7, 11) is -3.84. The molecule has 0 bridgehead atoms. The van der Waals surface area contributed by atoms with E-state index in [1.165, 1.54) is 22.5 Å². The van der Waals surface area contributed by atoms with Gasteiger partial charge in [0.1, 0.15) is 10.7 Å². The molecule has 1 fully saturated rings. The fourth-order valence-electron chi connectivity index (χ4n) is 3.13. The second-order valence-electron chi connectivity index (χ2n) is 6.48. The molecule has 0 radical (unpaired) electrons. The highest BCUT2D eigenvalue weighted by atomic mass is 32.2. The van der Waals surface area contributed by atoms with Gasteiger partial charge in [-0.25, -0.2) is 12.8 Å². The first kappa shape index (κ1) is 18.7. The molecule has 1 aromatic heterocycles. The summed E-state index contributed by atoms with van der Waals surface area (Å²) < 4.78 is 46.2. The lowest BCUT2D eigenvalue weighted by Crippen LogP contribution is -2.48. The fraction of sp³-hybridized carbons (Fsp3) is 0.263. The number of hydrogen-bond donors (Lipinski definition) is 0. The van der Waals surface area contributed by atoms with Crippen LogP contribution in [0, 0.1) is 5.82 Å². The summed E-state index contributed by atoms with van der Waals surface area (Å²) in [4.78, 5) is 1.75. The van der Waals surface area contributed by atoms with Crippen LogP contribution in [0.3, 0.4) is 0 Å². The van der Waals surface area contributed by atoms with Gasteiger partial charge in [0.05, 0.1) is 6.54 Å². The van der Waals surface area contributed by atoms with Crippen LogP contribution in [-0.2, 0) is 16.6 Å². The van der Waals surface area contributed by atoms with Crippen molar-refractivity contribution >= 4 is 10.0 Å². The molecule has 28 heavy (non-hydrogen) atoms. The number of sulfonamides is 1. The zero-order valence-corrected chi connectivity index (χ0v) is 15.8. The van der Waals surface area contributed by atoms with E-state index in [9.17, 15) is 12.8 Å². The van der Waals surface area contributed by atoms with Crippen molar-refractivity contribution in [1.29, 1.82) is 0 Å². The summed E-state index contributed by atoms with van der Waals surface area (Å²) in [5, 5.41) is 8.14. The second-order valence-corrected chi connectivity index (χ2v) is 8.38. The van der Waals surface area contributed by atoms with E-state index in [4.69, 9.17) is 4.42 Å². The van der Waals surface area contributed by atoms with Crippen molar-refractivity contribution in [2.45, 2.75) is 11.4 Å². The summed E-state index contributed by atoms with van der Waals surface area (Å²) in [6, 6.07) is 14.9. The lowest BCUT2D eigenvalue weighted by molar-refractivity contribution is 0.168. The Morgan fingerprint density at radius 3 is 2.32 bits per heavy atom. The molecule has 2 heterocycles. The molecule has 7 nitrogen and oxygen atoms in total. The molecule has 0 N–H and O–H groups in total. The highest BCUT2D eigenvalue weighted by Crippen LogP contribution is 2.22.